The normalized spacial score (nSPS) is 12.2. The summed E-state index contributed by atoms with van der Waals surface area (Å²) in [6.07, 6.45) is -9.37. The Morgan fingerprint density at radius 3 is 1.50 bits per heavy atom. The predicted octanol–water partition coefficient (Wildman–Crippen LogP) is 16.3. The van der Waals surface area contributed by atoms with Crippen LogP contribution in [0.15, 0.2) is 188 Å². The standard InChI is InChI=1S/C54H31F6N3S/c55-53(56,57)37-19-11-17-34(27-37)42-29-36(52-61-44(32-13-3-1-4-14-32)31-45(62-52)33-15-5-2-6-16-33)30-43(35-18-12-20-38(28-35)54(58,59)60)50(42)63-46-23-9-7-22-41(46)49-47(63)26-25-40-39-21-8-10-24-48(39)64-51(40)49/h1-31H. The number of fused-ring (bicyclic) bond motifs is 7. The first kappa shape index (κ1) is 39.3. The van der Waals surface area contributed by atoms with Crippen LogP contribution in [0.5, 0.6) is 0 Å². The summed E-state index contributed by atoms with van der Waals surface area (Å²) in [7, 11) is 0. The van der Waals surface area contributed by atoms with Gasteiger partial charge in [-0.25, -0.2) is 9.97 Å². The van der Waals surface area contributed by atoms with Gasteiger partial charge < -0.3 is 4.57 Å². The zero-order valence-corrected chi connectivity index (χ0v) is 34.2. The van der Waals surface area contributed by atoms with Gasteiger partial charge in [0.2, 0.25) is 0 Å². The molecule has 3 heterocycles. The maximum absolute atomic E-state index is 14.6. The molecule has 0 aliphatic heterocycles. The second-order valence-corrected chi connectivity index (χ2v) is 16.6. The average Bonchev–Trinajstić information content (AvgIpc) is 3.87. The van der Waals surface area contributed by atoms with E-state index in [2.05, 4.69) is 12.1 Å². The van der Waals surface area contributed by atoms with Gasteiger partial charge in [0.05, 0.1) is 39.2 Å². The molecule has 0 aliphatic rings. The van der Waals surface area contributed by atoms with Crippen molar-refractivity contribution in [3.05, 3.63) is 199 Å². The van der Waals surface area contributed by atoms with Crippen LogP contribution in [0.4, 0.5) is 26.3 Å². The third-order valence-electron chi connectivity index (χ3n) is 11.6. The molecule has 0 spiro atoms. The third-order valence-corrected chi connectivity index (χ3v) is 12.8. The number of rotatable bonds is 6. The molecule has 10 heteroatoms. The van der Waals surface area contributed by atoms with E-state index < -0.39 is 23.5 Å². The van der Waals surface area contributed by atoms with Crippen molar-refractivity contribution in [2.45, 2.75) is 12.4 Å². The van der Waals surface area contributed by atoms with Crippen molar-refractivity contribution in [1.29, 1.82) is 0 Å². The van der Waals surface area contributed by atoms with Gasteiger partial charge in [-0.1, -0.05) is 127 Å². The lowest BCUT2D eigenvalue weighted by molar-refractivity contribution is -0.138. The molecule has 3 nitrogen and oxygen atoms in total. The lowest BCUT2D eigenvalue weighted by Gasteiger charge is -2.22. The van der Waals surface area contributed by atoms with Crippen LogP contribution in [0.3, 0.4) is 0 Å². The van der Waals surface area contributed by atoms with Gasteiger partial charge in [0.25, 0.3) is 0 Å². The Morgan fingerprint density at radius 1 is 0.406 bits per heavy atom. The predicted molar refractivity (Wildman–Crippen MR) is 246 cm³/mol. The minimum Gasteiger partial charge on any atom is -0.308 e. The molecule has 0 amide bonds. The van der Waals surface area contributed by atoms with Gasteiger partial charge in [0.1, 0.15) is 0 Å². The van der Waals surface area contributed by atoms with E-state index in [1.807, 2.05) is 120 Å². The first-order valence-electron chi connectivity index (χ1n) is 20.4. The summed E-state index contributed by atoms with van der Waals surface area (Å²) in [6, 6.07) is 54.5. The summed E-state index contributed by atoms with van der Waals surface area (Å²) in [4.78, 5) is 10.1. The van der Waals surface area contributed by atoms with Gasteiger partial charge in [-0.05, 0) is 71.8 Å². The fourth-order valence-electron chi connectivity index (χ4n) is 8.74. The summed E-state index contributed by atoms with van der Waals surface area (Å²) in [6.45, 7) is 0. The lowest BCUT2D eigenvalue weighted by Crippen LogP contribution is -2.07. The van der Waals surface area contributed by atoms with Crippen molar-refractivity contribution in [3.63, 3.8) is 0 Å². The fourth-order valence-corrected chi connectivity index (χ4v) is 10.00. The van der Waals surface area contributed by atoms with E-state index in [4.69, 9.17) is 9.97 Å². The zero-order valence-electron chi connectivity index (χ0n) is 33.4. The SMILES string of the molecule is FC(F)(F)c1cccc(-c2cc(-c3nc(-c4ccccc4)cc(-c4ccccc4)n3)cc(-c3cccc(C(F)(F)F)c3)c2-n2c3ccccc3c3c4sc5ccccc5c4ccc32)c1. The van der Waals surface area contributed by atoms with Crippen LogP contribution in [-0.4, -0.2) is 14.5 Å². The highest BCUT2D eigenvalue weighted by Gasteiger charge is 2.33. The Bertz CT molecular complexity index is 3450. The van der Waals surface area contributed by atoms with Crippen molar-refractivity contribution in [3.8, 4) is 61.8 Å². The molecular formula is C54H31F6N3S. The van der Waals surface area contributed by atoms with Gasteiger partial charge >= 0.3 is 12.4 Å². The van der Waals surface area contributed by atoms with Crippen LogP contribution in [-0.2, 0) is 12.4 Å². The number of thiophene rings is 1. The quantitative estimate of drug-likeness (QED) is 0.156. The van der Waals surface area contributed by atoms with Gasteiger partial charge in [-0.15, -0.1) is 11.3 Å². The Hall–Kier alpha value is -7.56. The molecule has 11 rings (SSSR count). The van der Waals surface area contributed by atoms with Crippen LogP contribution in [0.25, 0.3) is 104 Å². The average molecular weight is 868 g/mol. The van der Waals surface area contributed by atoms with E-state index in [0.29, 0.717) is 33.8 Å². The molecule has 310 valence electrons. The number of para-hydroxylation sites is 1. The largest absolute Gasteiger partial charge is 0.416 e. The maximum atomic E-state index is 14.6. The van der Waals surface area contributed by atoms with Gasteiger partial charge in [-0.3, -0.25) is 0 Å². The highest BCUT2D eigenvalue weighted by atomic mass is 32.1. The van der Waals surface area contributed by atoms with Crippen LogP contribution < -0.4 is 0 Å². The summed E-state index contributed by atoms with van der Waals surface area (Å²) in [5, 5.41) is 3.95. The molecule has 3 aromatic heterocycles. The van der Waals surface area contributed by atoms with E-state index in [9.17, 15) is 26.3 Å². The van der Waals surface area contributed by atoms with E-state index in [1.165, 1.54) is 12.1 Å². The summed E-state index contributed by atoms with van der Waals surface area (Å²) < 4.78 is 91.9. The van der Waals surface area contributed by atoms with E-state index in [-0.39, 0.29) is 17.0 Å². The topological polar surface area (TPSA) is 30.7 Å². The first-order valence-corrected chi connectivity index (χ1v) is 21.2. The minimum atomic E-state index is -4.69. The van der Waals surface area contributed by atoms with E-state index in [1.54, 1.807) is 35.6 Å². The molecule has 0 atom stereocenters. The molecule has 11 aromatic rings. The van der Waals surface area contributed by atoms with Crippen molar-refractivity contribution in [2.24, 2.45) is 0 Å². The number of aromatic nitrogens is 3. The fraction of sp³-hybridized carbons (Fsp3) is 0.0370. The minimum absolute atomic E-state index is 0.205. The highest BCUT2D eigenvalue weighted by molar-refractivity contribution is 7.26. The smallest absolute Gasteiger partial charge is 0.308 e. The zero-order chi connectivity index (χ0) is 43.7. The Balaban J connectivity index is 1.30. The van der Waals surface area contributed by atoms with E-state index in [0.717, 1.165) is 77.4 Å². The number of halogens is 6. The van der Waals surface area contributed by atoms with Gasteiger partial charge in [0.15, 0.2) is 5.82 Å². The van der Waals surface area contributed by atoms with Crippen molar-refractivity contribution >= 4 is 53.3 Å². The summed E-state index contributed by atoms with van der Waals surface area (Å²) >= 11 is 1.64. The van der Waals surface area contributed by atoms with Crippen molar-refractivity contribution in [1.82, 2.24) is 14.5 Å². The van der Waals surface area contributed by atoms with Crippen LogP contribution in [0.2, 0.25) is 0 Å². The molecule has 64 heavy (non-hydrogen) atoms. The van der Waals surface area contributed by atoms with Gasteiger partial charge in [-0.2, -0.15) is 26.3 Å². The summed E-state index contributed by atoms with van der Waals surface area (Å²) in [5.41, 5.74) is 4.38. The van der Waals surface area contributed by atoms with Crippen LogP contribution in [0.1, 0.15) is 11.1 Å². The lowest BCUT2D eigenvalue weighted by atomic mass is 9.91. The number of benzene rings is 8. The molecule has 0 saturated heterocycles. The molecule has 0 unspecified atom stereocenters. The molecule has 0 fully saturated rings. The second-order valence-electron chi connectivity index (χ2n) is 15.6. The third kappa shape index (κ3) is 6.78. The monoisotopic (exact) mass is 867 g/mol. The number of hydrogen-bond donors (Lipinski definition) is 0. The van der Waals surface area contributed by atoms with Crippen molar-refractivity contribution in [2.75, 3.05) is 0 Å². The molecule has 8 aromatic carbocycles. The van der Waals surface area contributed by atoms with Crippen LogP contribution in [0, 0.1) is 0 Å². The number of hydrogen-bond acceptors (Lipinski definition) is 3. The Morgan fingerprint density at radius 2 is 0.922 bits per heavy atom. The maximum Gasteiger partial charge on any atom is 0.416 e. The second kappa shape index (κ2) is 15.1. The molecule has 0 aliphatic carbocycles. The van der Waals surface area contributed by atoms with Crippen molar-refractivity contribution < 1.29 is 26.3 Å². The molecule has 0 bridgehead atoms. The first-order chi connectivity index (χ1) is 31.0. The molecule has 0 saturated carbocycles. The number of nitrogens with zero attached hydrogens (tertiary/aromatic N) is 3. The Labute approximate surface area is 366 Å². The molecular weight excluding hydrogens is 837 g/mol. The molecule has 0 radical (unpaired) electrons. The molecule has 0 N–H and O–H groups in total. The van der Waals surface area contributed by atoms with Crippen LogP contribution >= 0.6 is 11.3 Å². The Kier molecular flexibility index (Phi) is 9.25. The van der Waals surface area contributed by atoms with Gasteiger partial charge in [0, 0.05) is 58.8 Å². The number of alkyl halides is 6. The highest BCUT2D eigenvalue weighted by Crippen LogP contribution is 2.48. The summed E-state index contributed by atoms with van der Waals surface area (Å²) in [5.74, 6) is 0.238. The van der Waals surface area contributed by atoms with E-state index >= 15 is 0 Å².